The van der Waals surface area contributed by atoms with E-state index in [4.69, 9.17) is 13.3 Å². The van der Waals surface area contributed by atoms with Crippen molar-refractivity contribution >= 4 is 9.53 Å². The molecule has 2 aromatic rings. The molecule has 3 nitrogen and oxygen atoms in total. The Morgan fingerprint density at radius 1 is 0.840 bits per heavy atom. The summed E-state index contributed by atoms with van der Waals surface area (Å²) in [5.41, 5.74) is -0.681. The Bertz CT molecular complexity index is 739. The molecule has 0 spiro atoms. The van der Waals surface area contributed by atoms with Crippen LogP contribution in [-0.4, -0.2) is 23.7 Å². The maximum Gasteiger partial charge on any atom is 0.484 e. The van der Waals surface area contributed by atoms with Crippen LogP contribution in [-0.2, 0) is 13.3 Å². The van der Waals surface area contributed by atoms with Crippen LogP contribution in [0, 0.1) is 29.1 Å². The molecule has 0 N–H and O–H groups in total. The van der Waals surface area contributed by atoms with Crippen LogP contribution in [0.4, 0.5) is 22.0 Å². The van der Waals surface area contributed by atoms with Crippen molar-refractivity contribution in [1.82, 2.24) is 0 Å². The summed E-state index contributed by atoms with van der Waals surface area (Å²) in [5, 5.41) is 0. The van der Waals surface area contributed by atoms with Gasteiger partial charge in [-0.25, -0.2) is 22.0 Å². The fourth-order valence-corrected chi connectivity index (χ4v) is 3.16. The number of benzene rings is 2. The fraction of sp³-hybridized carbons (Fsp3) is 0.250. The van der Waals surface area contributed by atoms with Gasteiger partial charge in [0.05, 0.1) is 11.7 Å². The Labute approximate surface area is 142 Å². The highest BCUT2D eigenvalue weighted by Gasteiger charge is 2.27. The lowest BCUT2D eigenvalue weighted by Gasteiger charge is -2.19. The predicted octanol–water partition coefficient (Wildman–Crippen LogP) is 4.14. The molecule has 1 unspecified atom stereocenters. The van der Waals surface area contributed by atoms with E-state index in [1.807, 2.05) is 0 Å². The van der Waals surface area contributed by atoms with Gasteiger partial charge in [-0.2, -0.15) is 0 Å². The van der Waals surface area contributed by atoms with Crippen molar-refractivity contribution in [1.29, 1.82) is 0 Å². The summed E-state index contributed by atoms with van der Waals surface area (Å²) in [4.78, 5) is 0. The molecule has 0 aliphatic heterocycles. The van der Waals surface area contributed by atoms with E-state index in [-0.39, 0.29) is 5.56 Å². The molecule has 2 aromatic carbocycles. The normalized spacial score (nSPS) is 12.7. The minimum absolute atomic E-state index is 0.159. The van der Waals surface area contributed by atoms with E-state index in [9.17, 15) is 22.0 Å². The van der Waals surface area contributed by atoms with Crippen molar-refractivity contribution in [3.05, 3.63) is 58.9 Å². The average molecular weight is 378 g/mol. The molecule has 0 aromatic heterocycles. The zero-order valence-electron chi connectivity index (χ0n) is 13.6. The van der Waals surface area contributed by atoms with Crippen LogP contribution < -0.4 is 0 Å². The maximum absolute atomic E-state index is 14.0. The van der Waals surface area contributed by atoms with Crippen molar-refractivity contribution in [3.8, 4) is 11.1 Å². The quantitative estimate of drug-likeness (QED) is 0.327. The second-order valence-corrected chi connectivity index (χ2v) is 6.90. The van der Waals surface area contributed by atoms with Crippen LogP contribution in [0.5, 0.6) is 0 Å². The van der Waals surface area contributed by atoms with E-state index in [2.05, 4.69) is 0 Å². The first-order chi connectivity index (χ1) is 11.8. The van der Waals surface area contributed by atoms with Crippen molar-refractivity contribution < 1.29 is 35.2 Å². The number of hydrogen-bond donors (Lipinski definition) is 0. The maximum atomic E-state index is 14.0. The smallest absolute Gasteiger partial charge is 0.379 e. The summed E-state index contributed by atoms with van der Waals surface area (Å²) >= 11 is 0. The minimum Gasteiger partial charge on any atom is -0.379 e. The summed E-state index contributed by atoms with van der Waals surface area (Å²) in [6.07, 6.45) is -0.571. The zero-order chi connectivity index (χ0) is 18.7. The number of rotatable bonds is 6. The lowest BCUT2D eigenvalue weighted by atomic mass is 9.99. The van der Waals surface area contributed by atoms with Gasteiger partial charge in [0.1, 0.15) is 0 Å². The fourth-order valence-electron chi connectivity index (χ4n) is 2.26. The van der Waals surface area contributed by atoms with Crippen molar-refractivity contribution in [2.24, 2.45) is 0 Å². The molecular formula is C16H15F5O3Si. The van der Waals surface area contributed by atoms with Gasteiger partial charge in [-0.3, -0.25) is 0 Å². The van der Waals surface area contributed by atoms with Gasteiger partial charge in [-0.1, -0.05) is 18.2 Å². The van der Waals surface area contributed by atoms with E-state index >= 15 is 0 Å². The van der Waals surface area contributed by atoms with Crippen molar-refractivity contribution in [2.75, 3.05) is 14.2 Å². The first-order valence-corrected chi connectivity index (χ1v) is 8.56. The monoisotopic (exact) mass is 378 g/mol. The molecule has 0 aliphatic carbocycles. The molecule has 0 saturated carbocycles. The van der Waals surface area contributed by atoms with Crippen LogP contribution in [0.1, 0.15) is 18.6 Å². The molecule has 25 heavy (non-hydrogen) atoms. The molecule has 0 radical (unpaired) electrons. The summed E-state index contributed by atoms with van der Waals surface area (Å²) < 4.78 is 83.5. The Hall–Kier alpha value is -1.81. The van der Waals surface area contributed by atoms with Crippen molar-refractivity contribution in [2.45, 2.75) is 13.0 Å². The van der Waals surface area contributed by atoms with E-state index in [0.29, 0.717) is 5.56 Å². The van der Waals surface area contributed by atoms with E-state index in [0.717, 1.165) is 0 Å². The Balaban J connectivity index is 2.47. The molecule has 0 heterocycles. The number of halogens is 5. The third kappa shape index (κ3) is 3.89. The molecular weight excluding hydrogens is 363 g/mol. The van der Waals surface area contributed by atoms with Gasteiger partial charge in [0, 0.05) is 14.2 Å². The highest BCUT2D eigenvalue weighted by atomic mass is 28.3. The first-order valence-electron chi connectivity index (χ1n) is 7.14. The highest BCUT2D eigenvalue weighted by molar-refractivity contribution is 6.36. The van der Waals surface area contributed by atoms with Gasteiger partial charge in [0.2, 0.25) is 5.82 Å². The molecule has 0 bridgehead atoms. The largest absolute Gasteiger partial charge is 0.484 e. The molecule has 9 heteroatoms. The third-order valence-electron chi connectivity index (χ3n) is 3.55. The third-order valence-corrected chi connectivity index (χ3v) is 4.95. The number of hydrogen-bond acceptors (Lipinski definition) is 3. The molecule has 2 rings (SSSR count). The lowest BCUT2D eigenvalue weighted by molar-refractivity contribution is 0.0951. The summed E-state index contributed by atoms with van der Waals surface area (Å²) in [6, 6.07) is 5.56. The van der Waals surface area contributed by atoms with Gasteiger partial charge in [-0.05, 0) is 24.1 Å². The van der Waals surface area contributed by atoms with Crippen LogP contribution in [0.15, 0.2) is 24.3 Å². The Morgan fingerprint density at radius 3 is 1.88 bits per heavy atom. The predicted molar refractivity (Wildman–Crippen MR) is 82.3 cm³/mol. The van der Waals surface area contributed by atoms with E-state index in [1.165, 1.54) is 32.4 Å². The van der Waals surface area contributed by atoms with Crippen molar-refractivity contribution in [3.63, 3.8) is 0 Å². The standard InChI is InChI=1S/C16H15F5O3Si/c1-8(24-25(22-2)23-3)9-5-4-6-10(7-9)11-12(17)14(19)16(21)15(20)13(11)18/h4-8,25H,1-3H3. The molecule has 136 valence electrons. The van der Waals surface area contributed by atoms with Gasteiger partial charge >= 0.3 is 9.53 Å². The summed E-state index contributed by atoms with van der Waals surface area (Å²) in [7, 11) is 0.460. The van der Waals surface area contributed by atoms with E-state index in [1.54, 1.807) is 13.0 Å². The SMILES string of the molecule is CO[SiH](OC)OC(C)c1cccc(-c2c(F)c(F)c(F)c(F)c2F)c1. The highest BCUT2D eigenvalue weighted by Crippen LogP contribution is 2.33. The Morgan fingerprint density at radius 2 is 1.36 bits per heavy atom. The topological polar surface area (TPSA) is 27.7 Å². The second-order valence-electron chi connectivity index (χ2n) is 5.11. The van der Waals surface area contributed by atoms with Gasteiger partial charge in [0.25, 0.3) is 0 Å². The molecule has 0 saturated heterocycles. The Kier molecular flexibility index (Phi) is 6.28. The zero-order valence-corrected chi connectivity index (χ0v) is 14.7. The molecule has 0 amide bonds. The lowest BCUT2D eigenvalue weighted by Crippen LogP contribution is -2.25. The molecule has 0 fully saturated rings. The minimum atomic E-state index is -2.37. The van der Waals surface area contributed by atoms with Crippen LogP contribution in [0.2, 0.25) is 0 Å². The average Bonchev–Trinajstić information content (AvgIpc) is 2.63. The molecule has 1 atom stereocenters. The summed E-state index contributed by atoms with van der Waals surface area (Å²) in [6.45, 7) is 1.65. The summed E-state index contributed by atoms with van der Waals surface area (Å²) in [5.74, 6) is -9.95. The van der Waals surface area contributed by atoms with Gasteiger partial charge < -0.3 is 13.3 Å². The van der Waals surface area contributed by atoms with Gasteiger partial charge in [0.15, 0.2) is 23.3 Å². The van der Waals surface area contributed by atoms with Crippen LogP contribution in [0.3, 0.4) is 0 Å². The first kappa shape index (κ1) is 19.5. The van der Waals surface area contributed by atoms with E-state index < -0.39 is 50.3 Å². The second kappa shape index (κ2) is 8.04. The van der Waals surface area contributed by atoms with Crippen LogP contribution in [0.25, 0.3) is 11.1 Å². The van der Waals surface area contributed by atoms with Crippen LogP contribution >= 0.6 is 0 Å². The molecule has 0 aliphatic rings. The van der Waals surface area contributed by atoms with Gasteiger partial charge in [-0.15, -0.1) is 0 Å².